The van der Waals surface area contributed by atoms with E-state index in [1.54, 1.807) is 0 Å². The Labute approximate surface area is 102 Å². The quantitative estimate of drug-likeness (QED) is 0.782. The van der Waals surface area contributed by atoms with Gasteiger partial charge >= 0.3 is 0 Å². The number of hydrogen-bond acceptors (Lipinski definition) is 2. The van der Waals surface area contributed by atoms with E-state index in [4.69, 9.17) is 12.2 Å². The lowest BCUT2D eigenvalue weighted by Gasteiger charge is -2.21. The van der Waals surface area contributed by atoms with Crippen LogP contribution in [-0.4, -0.2) is 9.97 Å². The van der Waals surface area contributed by atoms with Crippen molar-refractivity contribution in [2.45, 2.75) is 56.8 Å². The first kappa shape index (κ1) is 10.5. The van der Waals surface area contributed by atoms with E-state index in [2.05, 4.69) is 16.0 Å². The molecule has 0 atom stereocenters. The lowest BCUT2D eigenvalue weighted by Crippen LogP contribution is -2.10. The number of nitrogens with one attached hydrogen (secondary N) is 1. The Balaban J connectivity index is 1.89. The number of H-pyrrole nitrogens is 1. The van der Waals surface area contributed by atoms with E-state index in [1.165, 1.54) is 50.6 Å². The number of rotatable bonds is 2. The average molecular weight is 234 g/mol. The topological polar surface area (TPSA) is 28.7 Å². The van der Waals surface area contributed by atoms with Gasteiger partial charge in [0.1, 0.15) is 10.5 Å². The highest BCUT2D eigenvalue weighted by Crippen LogP contribution is 2.40. The van der Waals surface area contributed by atoms with Crippen molar-refractivity contribution >= 4 is 12.2 Å². The van der Waals surface area contributed by atoms with Gasteiger partial charge in [-0.3, -0.25) is 0 Å². The summed E-state index contributed by atoms with van der Waals surface area (Å²) in [5, 5.41) is 0. The van der Waals surface area contributed by atoms with Crippen molar-refractivity contribution < 1.29 is 0 Å². The third-order valence-electron chi connectivity index (χ3n) is 3.79. The fourth-order valence-electron chi connectivity index (χ4n) is 2.68. The van der Waals surface area contributed by atoms with Crippen molar-refractivity contribution in [3.63, 3.8) is 0 Å². The predicted octanol–water partition coefficient (Wildman–Crippen LogP) is 4.06. The molecular formula is C13H18N2S. The van der Waals surface area contributed by atoms with Gasteiger partial charge in [0.05, 0.1) is 0 Å². The lowest BCUT2D eigenvalue weighted by atomic mass is 9.88. The molecule has 0 aromatic carbocycles. The Kier molecular flexibility index (Phi) is 2.80. The van der Waals surface area contributed by atoms with Crippen molar-refractivity contribution in [2.24, 2.45) is 0 Å². The van der Waals surface area contributed by atoms with Gasteiger partial charge in [0, 0.05) is 11.6 Å². The van der Waals surface area contributed by atoms with Crippen LogP contribution in [0, 0.1) is 4.64 Å². The molecule has 2 saturated carbocycles. The molecule has 0 spiro atoms. The summed E-state index contributed by atoms with van der Waals surface area (Å²) in [6, 6.07) is 2.05. The summed E-state index contributed by atoms with van der Waals surface area (Å²) >= 11 is 5.27. The highest BCUT2D eigenvalue weighted by atomic mass is 32.1. The van der Waals surface area contributed by atoms with Crippen LogP contribution in [0.5, 0.6) is 0 Å². The molecule has 1 aromatic rings. The fraction of sp³-hybridized carbons (Fsp3) is 0.692. The molecule has 0 aliphatic heterocycles. The number of nitrogens with zero attached hydrogens (tertiary/aromatic N) is 1. The van der Waals surface area contributed by atoms with E-state index in [1.807, 2.05) is 0 Å². The van der Waals surface area contributed by atoms with Crippen LogP contribution in [0.2, 0.25) is 0 Å². The maximum absolute atomic E-state index is 5.27. The summed E-state index contributed by atoms with van der Waals surface area (Å²) in [4.78, 5) is 8.07. The zero-order chi connectivity index (χ0) is 11.0. The first-order valence-corrected chi connectivity index (χ1v) is 6.85. The van der Waals surface area contributed by atoms with Crippen LogP contribution in [0.4, 0.5) is 0 Å². The molecular weight excluding hydrogens is 216 g/mol. The molecule has 0 bridgehead atoms. The molecule has 1 aromatic heterocycles. The zero-order valence-electron chi connectivity index (χ0n) is 9.54. The van der Waals surface area contributed by atoms with Crippen molar-refractivity contribution in [3.8, 4) is 0 Å². The minimum atomic E-state index is 0.633. The summed E-state index contributed by atoms with van der Waals surface area (Å²) in [5.41, 5.74) is 1.33. The van der Waals surface area contributed by atoms with Crippen LogP contribution in [0.15, 0.2) is 6.07 Å². The van der Waals surface area contributed by atoms with E-state index in [9.17, 15) is 0 Å². The lowest BCUT2D eigenvalue weighted by molar-refractivity contribution is 0.427. The molecule has 3 heteroatoms. The molecule has 1 heterocycles. The summed E-state index contributed by atoms with van der Waals surface area (Å²) in [6.45, 7) is 0. The van der Waals surface area contributed by atoms with E-state index in [0.29, 0.717) is 5.92 Å². The number of hydrogen-bond donors (Lipinski definition) is 1. The fourth-order valence-corrected chi connectivity index (χ4v) is 2.90. The molecule has 0 amide bonds. The normalized spacial score (nSPS) is 22.2. The second kappa shape index (κ2) is 4.28. The van der Waals surface area contributed by atoms with Crippen LogP contribution in [0.1, 0.15) is 68.3 Å². The molecule has 0 radical (unpaired) electrons. The molecule has 2 aliphatic rings. The Morgan fingerprint density at radius 1 is 1.06 bits per heavy atom. The van der Waals surface area contributed by atoms with Crippen LogP contribution in [0.25, 0.3) is 0 Å². The Morgan fingerprint density at radius 2 is 1.81 bits per heavy atom. The highest BCUT2D eigenvalue weighted by Gasteiger charge is 2.26. The summed E-state index contributed by atoms with van der Waals surface area (Å²) < 4.78 is 0.779. The molecule has 2 fully saturated rings. The molecule has 3 rings (SSSR count). The van der Waals surface area contributed by atoms with E-state index in [-0.39, 0.29) is 0 Å². The van der Waals surface area contributed by atoms with Gasteiger partial charge in [0.25, 0.3) is 0 Å². The summed E-state index contributed by atoms with van der Waals surface area (Å²) in [7, 11) is 0. The van der Waals surface area contributed by atoms with E-state index < -0.39 is 0 Å². The van der Waals surface area contributed by atoms with E-state index >= 15 is 0 Å². The van der Waals surface area contributed by atoms with Gasteiger partial charge in [-0.25, -0.2) is 4.98 Å². The smallest absolute Gasteiger partial charge is 0.130 e. The second-order valence-corrected chi connectivity index (χ2v) is 5.59. The monoisotopic (exact) mass is 234 g/mol. The number of aromatic nitrogens is 2. The molecule has 86 valence electrons. The molecule has 0 unspecified atom stereocenters. The maximum Gasteiger partial charge on any atom is 0.130 e. The Hall–Kier alpha value is -0.700. The zero-order valence-corrected chi connectivity index (χ0v) is 10.4. The second-order valence-electron chi connectivity index (χ2n) is 5.17. The SMILES string of the molecule is S=c1cc(C2CC2)[nH]c(C2CCCCC2)n1. The summed E-state index contributed by atoms with van der Waals surface area (Å²) in [5.74, 6) is 2.54. The van der Waals surface area contributed by atoms with Gasteiger partial charge in [-0.2, -0.15) is 0 Å². The largest absolute Gasteiger partial charge is 0.347 e. The standard InChI is InChI=1S/C13H18N2S/c16-12-8-11(9-6-7-9)14-13(15-12)10-4-2-1-3-5-10/h8-10H,1-7H2,(H,14,15,16). The molecule has 16 heavy (non-hydrogen) atoms. The third kappa shape index (κ3) is 2.19. The highest BCUT2D eigenvalue weighted by molar-refractivity contribution is 7.71. The Morgan fingerprint density at radius 3 is 2.50 bits per heavy atom. The van der Waals surface area contributed by atoms with E-state index in [0.717, 1.165) is 16.4 Å². The third-order valence-corrected chi connectivity index (χ3v) is 4.00. The molecule has 2 nitrogen and oxygen atoms in total. The van der Waals surface area contributed by atoms with Crippen molar-refractivity contribution in [2.75, 3.05) is 0 Å². The minimum absolute atomic E-state index is 0.633. The first-order chi connectivity index (χ1) is 7.83. The van der Waals surface area contributed by atoms with Gasteiger partial charge in [-0.05, 0) is 37.7 Å². The molecule has 0 saturated heterocycles. The van der Waals surface area contributed by atoms with Gasteiger partial charge in [0.15, 0.2) is 0 Å². The van der Waals surface area contributed by atoms with Crippen LogP contribution in [0.3, 0.4) is 0 Å². The van der Waals surface area contributed by atoms with Crippen molar-refractivity contribution in [1.29, 1.82) is 0 Å². The number of aromatic amines is 1. The minimum Gasteiger partial charge on any atom is -0.347 e. The maximum atomic E-state index is 5.27. The Bertz CT molecular complexity index is 428. The van der Waals surface area contributed by atoms with Crippen LogP contribution < -0.4 is 0 Å². The van der Waals surface area contributed by atoms with Gasteiger partial charge < -0.3 is 4.98 Å². The van der Waals surface area contributed by atoms with Crippen molar-refractivity contribution in [3.05, 3.63) is 22.2 Å². The first-order valence-electron chi connectivity index (χ1n) is 6.44. The van der Waals surface area contributed by atoms with Crippen LogP contribution >= 0.6 is 12.2 Å². The summed E-state index contributed by atoms with van der Waals surface area (Å²) in [6.07, 6.45) is 9.29. The molecule has 2 aliphatic carbocycles. The van der Waals surface area contributed by atoms with Gasteiger partial charge in [-0.1, -0.05) is 31.5 Å². The average Bonchev–Trinajstić information content (AvgIpc) is 3.13. The van der Waals surface area contributed by atoms with Crippen molar-refractivity contribution in [1.82, 2.24) is 9.97 Å². The van der Waals surface area contributed by atoms with Crippen LogP contribution in [-0.2, 0) is 0 Å². The molecule has 1 N–H and O–H groups in total. The van der Waals surface area contributed by atoms with Gasteiger partial charge in [0.2, 0.25) is 0 Å². The van der Waals surface area contributed by atoms with Gasteiger partial charge in [-0.15, -0.1) is 0 Å². The predicted molar refractivity (Wildman–Crippen MR) is 67.2 cm³/mol.